The molecule has 116 valence electrons. The van der Waals surface area contributed by atoms with Gasteiger partial charge in [0, 0.05) is 17.8 Å². The highest BCUT2D eigenvalue weighted by atomic mass is 19.4. The van der Waals surface area contributed by atoms with Crippen molar-refractivity contribution >= 4 is 5.78 Å². The fourth-order valence-corrected chi connectivity index (χ4v) is 1.87. The Labute approximate surface area is 123 Å². The van der Waals surface area contributed by atoms with E-state index in [1.54, 1.807) is 12.1 Å². The number of halogens is 3. The van der Waals surface area contributed by atoms with Gasteiger partial charge in [0.15, 0.2) is 5.78 Å². The van der Waals surface area contributed by atoms with Crippen LogP contribution in [0.2, 0.25) is 0 Å². The highest BCUT2D eigenvalue weighted by molar-refractivity contribution is 5.96. The highest BCUT2D eigenvalue weighted by Gasteiger charge is 2.31. The van der Waals surface area contributed by atoms with Crippen LogP contribution in [0.15, 0.2) is 47.4 Å². The zero-order valence-electron chi connectivity index (χ0n) is 11.6. The van der Waals surface area contributed by atoms with Crippen molar-refractivity contribution in [2.75, 3.05) is 7.11 Å². The van der Waals surface area contributed by atoms with E-state index in [4.69, 9.17) is 4.74 Å². The minimum absolute atomic E-state index is 0.253. The van der Waals surface area contributed by atoms with Crippen LogP contribution in [0.5, 0.6) is 5.75 Å². The van der Waals surface area contributed by atoms with E-state index in [9.17, 15) is 22.8 Å². The molecule has 0 aliphatic carbocycles. The molecule has 0 saturated heterocycles. The molecule has 0 aliphatic rings. The predicted octanol–water partition coefficient (Wildman–Crippen LogP) is 2.76. The molecule has 1 aromatic carbocycles. The lowest BCUT2D eigenvalue weighted by atomic mass is 10.1. The van der Waals surface area contributed by atoms with Crippen LogP contribution in [0.25, 0.3) is 0 Å². The lowest BCUT2D eigenvalue weighted by molar-refractivity contribution is -0.138. The SMILES string of the molecule is COc1cccc(C(=O)Cn2cc(C(F)(F)F)ccc2=O)c1. The van der Waals surface area contributed by atoms with Crippen molar-refractivity contribution in [3.63, 3.8) is 0 Å². The summed E-state index contributed by atoms with van der Waals surface area (Å²) in [5.41, 5.74) is -1.40. The molecule has 0 bridgehead atoms. The molecule has 0 saturated carbocycles. The van der Waals surface area contributed by atoms with Crippen molar-refractivity contribution in [1.82, 2.24) is 4.57 Å². The van der Waals surface area contributed by atoms with E-state index in [1.807, 2.05) is 0 Å². The van der Waals surface area contributed by atoms with Crippen LogP contribution in [-0.2, 0) is 12.7 Å². The van der Waals surface area contributed by atoms with Gasteiger partial charge in [-0.15, -0.1) is 0 Å². The maximum atomic E-state index is 12.6. The van der Waals surface area contributed by atoms with Gasteiger partial charge in [-0.3, -0.25) is 9.59 Å². The third-order valence-corrected chi connectivity index (χ3v) is 3.02. The molecule has 4 nitrogen and oxygen atoms in total. The van der Waals surface area contributed by atoms with Gasteiger partial charge in [0.2, 0.25) is 0 Å². The molecular weight excluding hydrogens is 299 g/mol. The Hall–Kier alpha value is -2.57. The smallest absolute Gasteiger partial charge is 0.417 e. The number of methoxy groups -OCH3 is 1. The van der Waals surface area contributed by atoms with Gasteiger partial charge in [-0.25, -0.2) is 0 Å². The zero-order valence-corrected chi connectivity index (χ0v) is 11.6. The van der Waals surface area contributed by atoms with E-state index in [2.05, 4.69) is 0 Å². The van der Waals surface area contributed by atoms with E-state index >= 15 is 0 Å². The van der Waals surface area contributed by atoms with E-state index in [1.165, 1.54) is 19.2 Å². The summed E-state index contributed by atoms with van der Waals surface area (Å²) in [5.74, 6) is -0.0393. The molecule has 2 aromatic rings. The largest absolute Gasteiger partial charge is 0.497 e. The second-order valence-electron chi connectivity index (χ2n) is 4.54. The third-order valence-electron chi connectivity index (χ3n) is 3.02. The molecule has 7 heteroatoms. The molecule has 0 N–H and O–H groups in total. The number of aromatic nitrogens is 1. The fourth-order valence-electron chi connectivity index (χ4n) is 1.87. The van der Waals surface area contributed by atoms with Crippen molar-refractivity contribution in [2.45, 2.75) is 12.7 Å². The second-order valence-corrected chi connectivity index (χ2v) is 4.54. The molecule has 0 atom stereocenters. The van der Waals surface area contributed by atoms with Gasteiger partial charge in [0.1, 0.15) is 5.75 Å². The molecule has 0 unspecified atom stereocenters. The van der Waals surface area contributed by atoms with Gasteiger partial charge in [-0.05, 0) is 18.2 Å². The van der Waals surface area contributed by atoms with E-state index in [-0.39, 0.29) is 5.56 Å². The van der Waals surface area contributed by atoms with Crippen molar-refractivity contribution in [3.05, 3.63) is 64.1 Å². The summed E-state index contributed by atoms with van der Waals surface area (Å²) in [5, 5.41) is 0. The number of rotatable bonds is 4. The second kappa shape index (κ2) is 6.05. The number of benzene rings is 1. The maximum Gasteiger partial charge on any atom is 0.417 e. The Morgan fingerprint density at radius 2 is 1.95 bits per heavy atom. The number of ketones is 1. The molecule has 1 aromatic heterocycles. The van der Waals surface area contributed by atoms with Crippen molar-refractivity contribution in [2.24, 2.45) is 0 Å². The van der Waals surface area contributed by atoms with Crippen molar-refractivity contribution < 1.29 is 22.7 Å². The maximum absolute atomic E-state index is 12.6. The number of nitrogens with zero attached hydrogens (tertiary/aromatic N) is 1. The summed E-state index contributed by atoms with van der Waals surface area (Å²) in [4.78, 5) is 23.7. The summed E-state index contributed by atoms with van der Waals surface area (Å²) >= 11 is 0. The summed E-state index contributed by atoms with van der Waals surface area (Å²) in [6, 6.07) is 7.66. The molecule has 2 rings (SSSR count). The number of alkyl halides is 3. The Bertz CT molecular complexity index is 750. The van der Waals surface area contributed by atoms with E-state index in [0.29, 0.717) is 18.0 Å². The lowest BCUT2D eigenvalue weighted by Gasteiger charge is -2.10. The van der Waals surface area contributed by atoms with Crippen molar-refractivity contribution in [1.29, 1.82) is 0 Å². The van der Waals surface area contributed by atoms with E-state index in [0.717, 1.165) is 10.6 Å². The van der Waals surface area contributed by atoms with Crippen LogP contribution in [-0.4, -0.2) is 17.5 Å². The quantitative estimate of drug-likeness (QED) is 0.816. The van der Waals surface area contributed by atoms with Gasteiger partial charge >= 0.3 is 6.18 Å². The fraction of sp³-hybridized carbons (Fsp3) is 0.200. The Morgan fingerprint density at radius 1 is 1.23 bits per heavy atom. The molecule has 0 spiro atoms. The predicted molar refractivity (Wildman–Crippen MR) is 73.0 cm³/mol. The van der Waals surface area contributed by atoms with Gasteiger partial charge in [-0.2, -0.15) is 13.2 Å². The molecule has 0 fully saturated rings. The zero-order chi connectivity index (χ0) is 16.3. The van der Waals surface area contributed by atoms with Gasteiger partial charge in [-0.1, -0.05) is 12.1 Å². The summed E-state index contributed by atoms with van der Waals surface area (Å²) in [6.07, 6.45) is -3.94. The molecule has 0 radical (unpaired) electrons. The first-order valence-electron chi connectivity index (χ1n) is 6.26. The molecular formula is C15H12F3NO3. The Kier molecular flexibility index (Phi) is 4.35. The van der Waals surface area contributed by atoms with Gasteiger partial charge in [0.25, 0.3) is 5.56 Å². The summed E-state index contributed by atoms with van der Waals surface area (Å²) < 4.78 is 43.6. The number of pyridine rings is 1. The minimum Gasteiger partial charge on any atom is -0.497 e. The van der Waals surface area contributed by atoms with Crippen LogP contribution in [0, 0.1) is 0 Å². The lowest BCUT2D eigenvalue weighted by Crippen LogP contribution is -2.25. The standard InChI is InChI=1S/C15H12F3NO3/c1-22-12-4-2-3-10(7-12)13(20)9-19-8-11(15(16,17)18)5-6-14(19)21/h2-8H,9H2,1H3. The molecule has 0 amide bonds. The third kappa shape index (κ3) is 3.55. The first-order chi connectivity index (χ1) is 10.3. The van der Waals surface area contributed by atoms with E-state index < -0.39 is 29.6 Å². The first-order valence-corrected chi connectivity index (χ1v) is 6.26. The van der Waals surface area contributed by atoms with Gasteiger partial charge < -0.3 is 9.30 Å². The Morgan fingerprint density at radius 3 is 2.59 bits per heavy atom. The van der Waals surface area contributed by atoms with Crippen LogP contribution >= 0.6 is 0 Å². The summed E-state index contributed by atoms with van der Waals surface area (Å²) in [7, 11) is 1.43. The van der Waals surface area contributed by atoms with Crippen LogP contribution in [0.1, 0.15) is 15.9 Å². The molecule has 1 heterocycles. The van der Waals surface area contributed by atoms with Crippen LogP contribution in [0.4, 0.5) is 13.2 Å². The monoisotopic (exact) mass is 311 g/mol. The van der Waals surface area contributed by atoms with Gasteiger partial charge in [0.05, 0.1) is 19.2 Å². The minimum atomic E-state index is -4.57. The molecule has 0 aliphatic heterocycles. The topological polar surface area (TPSA) is 48.3 Å². The average Bonchev–Trinajstić information content (AvgIpc) is 2.48. The number of hydrogen-bond donors (Lipinski definition) is 0. The summed E-state index contributed by atoms with van der Waals surface area (Å²) in [6.45, 7) is -0.476. The number of carbonyl (C=O) groups excluding carboxylic acids is 1. The van der Waals surface area contributed by atoms with Crippen LogP contribution in [0.3, 0.4) is 0 Å². The normalized spacial score (nSPS) is 11.3. The number of ether oxygens (including phenoxy) is 1. The highest BCUT2D eigenvalue weighted by Crippen LogP contribution is 2.28. The van der Waals surface area contributed by atoms with Crippen LogP contribution < -0.4 is 10.3 Å². The average molecular weight is 311 g/mol. The number of carbonyl (C=O) groups is 1. The molecule has 22 heavy (non-hydrogen) atoms. The number of hydrogen-bond acceptors (Lipinski definition) is 3. The number of Topliss-reactive ketones (excluding diaryl/α,β-unsaturated/α-hetero) is 1. The first kappa shape index (κ1) is 15.8. The Balaban J connectivity index is 2.30. The van der Waals surface area contributed by atoms with Crippen molar-refractivity contribution in [3.8, 4) is 5.75 Å².